The Morgan fingerprint density at radius 1 is 1.45 bits per heavy atom. The number of anilines is 1. The Hall–Kier alpha value is -2.44. The van der Waals surface area contributed by atoms with Crippen molar-refractivity contribution in [2.45, 2.75) is 13.3 Å². The van der Waals surface area contributed by atoms with Gasteiger partial charge in [0, 0.05) is 12.3 Å². The van der Waals surface area contributed by atoms with Crippen LogP contribution in [-0.4, -0.2) is 24.2 Å². The minimum atomic E-state index is -0.511. The Morgan fingerprint density at radius 2 is 2.20 bits per heavy atom. The highest BCUT2D eigenvalue weighted by molar-refractivity contribution is 6.06. The van der Waals surface area contributed by atoms with Crippen LogP contribution in [-0.2, 0) is 4.79 Å². The number of urea groups is 1. The van der Waals surface area contributed by atoms with Crippen LogP contribution in [0.15, 0.2) is 29.4 Å². The van der Waals surface area contributed by atoms with Gasteiger partial charge in [0.05, 0.1) is 11.6 Å². The molecule has 1 aliphatic heterocycles. The summed E-state index contributed by atoms with van der Waals surface area (Å²) < 4.78 is 13.3. The first-order valence-corrected chi connectivity index (χ1v) is 6.21. The zero-order valence-corrected chi connectivity index (χ0v) is 10.9. The SMILES string of the molecule is CC1=NNC(=O)[C@@H]1CCNC(=O)Nc1ccccc1F. The number of hydrazone groups is 1. The van der Waals surface area contributed by atoms with Crippen LogP contribution >= 0.6 is 0 Å². The van der Waals surface area contributed by atoms with Crippen molar-refractivity contribution < 1.29 is 14.0 Å². The summed E-state index contributed by atoms with van der Waals surface area (Å²) in [5.74, 6) is -0.983. The molecule has 106 valence electrons. The van der Waals surface area contributed by atoms with Gasteiger partial charge in [-0.15, -0.1) is 0 Å². The topological polar surface area (TPSA) is 82.6 Å². The van der Waals surface area contributed by atoms with Gasteiger partial charge in [-0.1, -0.05) is 12.1 Å². The predicted octanol–water partition coefficient (Wildman–Crippen LogP) is 1.46. The Kier molecular flexibility index (Phi) is 4.29. The summed E-state index contributed by atoms with van der Waals surface area (Å²) in [7, 11) is 0. The zero-order valence-electron chi connectivity index (χ0n) is 10.9. The van der Waals surface area contributed by atoms with Gasteiger partial charge in [-0.25, -0.2) is 14.6 Å². The minimum Gasteiger partial charge on any atom is -0.338 e. The summed E-state index contributed by atoms with van der Waals surface area (Å²) in [4.78, 5) is 23.0. The molecule has 3 amide bonds. The van der Waals surface area contributed by atoms with Gasteiger partial charge >= 0.3 is 6.03 Å². The summed E-state index contributed by atoms with van der Waals surface area (Å²) >= 11 is 0. The molecule has 20 heavy (non-hydrogen) atoms. The lowest BCUT2D eigenvalue weighted by Crippen LogP contribution is -2.33. The molecule has 6 nitrogen and oxygen atoms in total. The van der Waals surface area contributed by atoms with E-state index < -0.39 is 11.8 Å². The Balaban J connectivity index is 1.77. The number of para-hydroxylation sites is 1. The maximum atomic E-state index is 13.3. The van der Waals surface area contributed by atoms with Crippen molar-refractivity contribution in [3.05, 3.63) is 30.1 Å². The first kappa shape index (κ1) is 14.0. The van der Waals surface area contributed by atoms with Crippen LogP contribution < -0.4 is 16.1 Å². The highest BCUT2D eigenvalue weighted by Crippen LogP contribution is 2.12. The summed E-state index contributed by atoms with van der Waals surface area (Å²) in [6, 6.07) is 5.39. The van der Waals surface area contributed by atoms with Crippen molar-refractivity contribution in [2.24, 2.45) is 11.0 Å². The molecule has 0 radical (unpaired) electrons. The zero-order chi connectivity index (χ0) is 14.5. The van der Waals surface area contributed by atoms with Gasteiger partial charge in [-0.05, 0) is 25.5 Å². The van der Waals surface area contributed by atoms with E-state index in [1.54, 1.807) is 19.1 Å². The van der Waals surface area contributed by atoms with Crippen molar-refractivity contribution in [1.29, 1.82) is 0 Å². The normalized spacial score (nSPS) is 17.4. The molecule has 1 aromatic rings. The third kappa shape index (κ3) is 3.31. The summed E-state index contributed by atoms with van der Waals surface area (Å²) in [5.41, 5.74) is 3.19. The second kappa shape index (κ2) is 6.14. The number of amides is 3. The number of carbonyl (C=O) groups excluding carboxylic acids is 2. The molecule has 0 saturated heterocycles. The van der Waals surface area contributed by atoms with Crippen molar-refractivity contribution in [1.82, 2.24) is 10.7 Å². The lowest BCUT2D eigenvalue weighted by Gasteiger charge is -2.10. The van der Waals surface area contributed by atoms with E-state index in [0.29, 0.717) is 18.7 Å². The Morgan fingerprint density at radius 3 is 2.85 bits per heavy atom. The molecule has 0 unspecified atom stereocenters. The smallest absolute Gasteiger partial charge is 0.319 e. The molecule has 0 spiro atoms. The molecule has 0 saturated carbocycles. The van der Waals surface area contributed by atoms with Gasteiger partial charge in [0.15, 0.2) is 0 Å². The molecule has 2 rings (SSSR count). The molecule has 3 N–H and O–H groups in total. The van der Waals surface area contributed by atoms with Crippen molar-refractivity contribution >= 4 is 23.3 Å². The van der Waals surface area contributed by atoms with E-state index in [4.69, 9.17) is 0 Å². The fourth-order valence-electron chi connectivity index (χ4n) is 1.89. The van der Waals surface area contributed by atoms with Crippen LogP contribution in [0, 0.1) is 11.7 Å². The number of carbonyl (C=O) groups is 2. The molecule has 0 fully saturated rings. The third-order valence-electron chi connectivity index (χ3n) is 3.00. The number of rotatable bonds is 4. The second-order valence-corrected chi connectivity index (χ2v) is 4.43. The van der Waals surface area contributed by atoms with Gasteiger partial charge in [0.2, 0.25) is 5.91 Å². The highest BCUT2D eigenvalue weighted by atomic mass is 19.1. The van der Waals surface area contributed by atoms with E-state index in [-0.39, 0.29) is 17.5 Å². The van der Waals surface area contributed by atoms with Crippen LogP contribution in [0.5, 0.6) is 0 Å². The molecule has 0 aromatic heterocycles. The van der Waals surface area contributed by atoms with E-state index in [2.05, 4.69) is 21.2 Å². The maximum absolute atomic E-state index is 13.3. The Bertz CT molecular complexity index is 559. The third-order valence-corrected chi connectivity index (χ3v) is 3.00. The van der Waals surface area contributed by atoms with Gasteiger partial charge in [-0.2, -0.15) is 5.10 Å². The Labute approximate surface area is 115 Å². The van der Waals surface area contributed by atoms with Crippen molar-refractivity contribution in [3.63, 3.8) is 0 Å². The first-order valence-electron chi connectivity index (χ1n) is 6.21. The average molecular weight is 278 g/mol. The van der Waals surface area contributed by atoms with E-state index in [0.717, 1.165) is 0 Å². The van der Waals surface area contributed by atoms with Crippen LogP contribution in [0.2, 0.25) is 0 Å². The van der Waals surface area contributed by atoms with E-state index in [9.17, 15) is 14.0 Å². The number of halogens is 1. The van der Waals surface area contributed by atoms with Crippen LogP contribution in [0.3, 0.4) is 0 Å². The van der Waals surface area contributed by atoms with Crippen LogP contribution in [0.1, 0.15) is 13.3 Å². The largest absolute Gasteiger partial charge is 0.338 e. The first-order chi connectivity index (χ1) is 9.58. The molecule has 0 aliphatic carbocycles. The standard InChI is InChI=1S/C13H15FN4O2/c1-8-9(12(19)18-17-8)6-7-15-13(20)16-11-5-3-2-4-10(11)14/h2-5,9H,6-7H2,1H3,(H,18,19)(H2,15,16,20)/t9-/m1/s1. The fourth-order valence-corrected chi connectivity index (χ4v) is 1.89. The average Bonchev–Trinajstić information content (AvgIpc) is 2.73. The monoisotopic (exact) mass is 278 g/mol. The van der Waals surface area contributed by atoms with Crippen molar-refractivity contribution in [3.8, 4) is 0 Å². The number of hydrogen-bond donors (Lipinski definition) is 3. The molecule has 1 aromatic carbocycles. The van der Waals surface area contributed by atoms with Gasteiger partial charge in [0.25, 0.3) is 0 Å². The molecule has 1 aliphatic rings. The molecular weight excluding hydrogens is 263 g/mol. The van der Waals surface area contributed by atoms with E-state index in [1.165, 1.54) is 12.1 Å². The number of nitrogens with one attached hydrogen (secondary N) is 3. The van der Waals surface area contributed by atoms with Crippen molar-refractivity contribution in [2.75, 3.05) is 11.9 Å². The summed E-state index contributed by atoms with van der Waals surface area (Å²) in [6.45, 7) is 2.05. The molecule has 7 heteroatoms. The fraction of sp³-hybridized carbons (Fsp3) is 0.308. The lowest BCUT2D eigenvalue weighted by molar-refractivity contribution is -0.122. The summed E-state index contributed by atoms with van der Waals surface area (Å²) in [6.07, 6.45) is 0.450. The second-order valence-electron chi connectivity index (χ2n) is 4.43. The highest BCUT2D eigenvalue weighted by Gasteiger charge is 2.26. The van der Waals surface area contributed by atoms with E-state index >= 15 is 0 Å². The lowest BCUT2D eigenvalue weighted by atomic mass is 10.0. The maximum Gasteiger partial charge on any atom is 0.319 e. The number of nitrogens with zero attached hydrogens (tertiary/aromatic N) is 1. The summed E-state index contributed by atoms with van der Waals surface area (Å²) in [5, 5.41) is 8.79. The predicted molar refractivity (Wildman–Crippen MR) is 72.8 cm³/mol. The van der Waals surface area contributed by atoms with E-state index in [1.807, 2.05) is 0 Å². The molecule has 0 bridgehead atoms. The van der Waals surface area contributed by atoms with Crippen LogP contribution in [0.25, 0.3) is 0 Å². The van der Waals surface area contributed by atoms with Gasteiger partial charge in [-0.3, -0.25) is 4.79 Å². The van der Waals surface area contributed by atoms with Gasteiger partial charge in [0.1, 0.15) is 5.82 Å². The number of benzene rings is 1. The quantitative estimate of drug-likeness (QED) is 0.779. The van der Waals surface area contributed by atoms with Crippen LogP contribution in [0.4, 0.5) is 14.9 Å². The minimum absolute atomic E-state index is 0.112. The van der Waals surface area contributed by atoms with Gasteiger partial charge < -0.3 is 10.6 Å². The molecule has 1 atom stereocenters. The molecular formula is C13H15FN4O2. The molecule has 1 heterocycles. The number of hydrogen-bond acceptors (Lipinski definition) is 3.